The number of aromatic nitrogens is 3. The van der Waals surface area contributed by atoms with Crippen molar-refractivity contribution in [3.8, 4) is 16.9 Å². The fraction of sp³-hybridized carbons (Fsp3) is 0. The Labute approximate surface area is 109 Å². The zero-order valence-corrected chi connectivity index (χ0v) is 9.99. The molecule has 1 aromatic carbocycles. The van der Waals surface area contributed by atoms with Gasteiger partial charge in [-0.15, -0.1) is 0 Å². The van der Waals surface area contributed by atoms with Crippen LogP contribution in [0.4, 0.5) is 10.1 Å². The highest BCUT2D eigenvalue weighted by Gasteiger charge is 2.04. The number of anilines is 1. The van der Waals surface area contributed by atoms with Crippen molar-refractivity contribution in [1.82, 2.24) is 14.8 Å². The van der Waals surface area contributed by atoms with Crippen molar-refractivity contribution in [2.45, 2.75) is 0 Å². The Morgan fingerprint density at radius 2 is 1.74 bits per heavy atom. The number of pyridine rings is 1. The van der Waals surface area contributed by atoms with E-state index < -0.39 is 0 Å². The number of nitrogens with two attached hydrogens (primary N) is 1. The van der Waals surface area contributed by atoms with Gasteiger partial charge in [0.25, 0.3) is 0 Å². The summed E-state index contributed by atoms with van der Waals surface area (Å²) in [6, 6.07) is 9.83. The molecule has 0 radical (unpaired) electrons. The maximum Gasteiger partial charge on any atom is 0.153 e. The molecule has 2 heterocycles. The maximum atomic E-state index is 12.9. The second kappa shape index (κ2) is 4.53. The summed E-state index contributed by atoms with van der Waals surface area (Å²) < 4.78 is 14.5. The van der Waals surface area contributed by atoms with Crippen molar-refractivity contribution in [2.24, 2.45) is 0 Å². The molecule has 0 fully saturated rings. The second-order valence-electron chi connectivity index (χ2n) is 4.13. The summed E-state index contributed by atoms with van der Waals surface area (Å²) in [5.41, 5.74) is 8.00. The van der Waals surface area contributed by atoms with Gasteiger partial charge in [-0.3, -0.25) is 0 Å². The molecule has 2 N–H and O–H groups in total. The summed E-state index contributed by atoms with van der Waals surface area (Å²) >= 11 is 0. The molecule has 0 bridgehead atoms. The van der Waals surface area contributed by atoms with E-state index in [4.69, 9.17) is 5.73 Å². The highest BCUT2D eigenvalue weighted by Crippen LogP contribution is 2.20. The first-order valence-corrected chi connectivity index (χ1v) is 5.75. The Kier molecular flexibility index (Phi) is 2.72. The Morgan fingerprint density at radius 3 is 2.42 bits per heavy atom. The molecule has 3 aromatic rings. The smallest absolute Gasteiger partial charge is 0.153 e. The normalized spacial score (nSPS) is 10.6. The summed E-state index contributed by atoms with van der Waals surface area (Å²) in [4.78, 5) is 4.19. The largest absolute Gasteiger partial charge is 0.397 e. The van der Waals surface area contributed by atoms with Crippen LogP contribution in [0.1, 0.15) is 0 Å². The highest BCUT2D eigenvalue weighted by atomic mass is 19.1. The van der Waals surface area contributed by atoms with Crippen molar-refractivity contribution in [3.63, 3.8) is 0 Å². The molecule has 0 unspecified atom stereocenters. The minimum absolute atomic E-state index is 0.253. The quantitative estimate of drug-likeness (QED) is 0.764. The molecular weight excluding hydrogens is 243 g/mol. The first-order chi connectivity index (χ1) is 9.22. The molecule has 3 rings (SSSR count). The Bertz CT molecular complexity index is 626. The summed E-state index contributed by atoms with van der Waals surface area (Å²) in [6.07, 6.45) is 5.13. The lowest BCUT2D eigenvalue weighted by atomic mass is 10.1. The lowest BCUT2D eigenvalue weighted by molar-refractivity contribution is 0.628. The van der Waals surface area contributed by atoms with E-state index in [9.17, 15) is 4.39 Å². The number of nitrogens with zero attached hydrogens (tertiary/aromatic N) is 3. The molecule has 0 aliphatic rings. The zero-order valence-electron chi connectivity index (χ0n) is 9.99. The third-order valence-corrected chi connectivity index (χ3v) is 2.77. The van der Waals surface area contributed by atoms with Crippen LogP contribution >= 0.6 is 0 Å². The maximum absolute atomic E-state index is 12.9. The SMILES string of the molecule is Nc1ccc(-n2cc(-c3ccc(F)cc3)cn2)nc1. The summed E-state index contributed by atoms with van der Waals surface area (Å²) in [6.45, 7) is 0. The van der Waals surface area contributed by atoms with E-state index in [1.54, 1.807) is 41.3 Å². The summed E-state index contributed by atoms with van der Waals surface area (Å²) in [7, 11) is 0. The lowest BCUT2D eigenvalue weighted by Crippen LogP contribution is -1.98. The number of hydrogen-bond donors (Lipinski definition) is 1. The number of nitrogen functional groups attached to an aromatic ring is 1. The Hall–Kier alpha value is -2.69. The molecule has 0 saturated heterocycles. The van der Waals surface area contributed by atoms with Crippen LogP contribution < -0.4 is 5.73 Å². The molecule has 4 nitrogen and oxygen atoms in total. The number of benzene rings is 1. The summed E-state index contributed by atoms with van der Waals surface area (Å²) in [5, 5.41) is 4.23. The minimum Gasteiger partial charge on any atom is -0.397 e. The van der Waals surface area contributed by atoms with Crippen molar-refractivity contribution in [1.29, 1.82) is 0 Å². The van der Waals surface area contributed by atoms with Gasteiger partial charge in [0.05, 0.1) is 18.1 Å². The van der Waals surface area contributed by atoms with E-state index in [0.29, 0.717) is 11.5 Å². The molecule has 0 aliphatic heterocycles. The van der Waals surface area contributed by atoms with Gasteiger partial charge in [-0.1, -0.05) is 12.1 Å². The van der Waals surface area contributed by atoms with Gasteiger partial charge in [-0.25, -0.2) is 14.1 Å². The van der Waals surface area contributed by atoms with Gasteiger partial charge in [-0.2, -0.15) is 5.10 Å². The van der Waals surface area contributed by atoms with Gasteiger partial charge >= 0.3 is 0 Å². The topological polar surface area (TPSA) is 56.7 Å². The zero-order chi connectivity index (χ0) is 13.2. The molecule has 19 heavy (non-hydrogen) atoms. The predicted octanol–water partition coefficient (Wildman–Crippen LogP) is 2.66. The van der Waals surface area contributed by atoms with E-state index in [1.807, 2.05) is 6.20 Å². The standard InChI is InChI=1S/C14H11FN4/c15-12-3-1-10(2-4-12)11-7-18-19(9-11)14-6-5-13(16)8-17-14/h1-9H,16H2. The molecule has 0 amide bonds. The monoisotopic (exact) mass is 254 g/mol. The van der Waals surface area contributed by atoms with Gasteiger partial charge in [0.1, 0.15) is 5.82 Å². The average Bonchev–Trinajstić information content (AvgIpc) is 2.90. The molecule has 0 aliphatic carbocycles. The van der Waals surface area contributed by atoms with E-state index in [0.717, 1.165) is 11.1 Å². The lowest BCUT2D eigenvalue weighted by Gasteiger charge is -2.00. The van der Waals surface area contributed by atoms with Crippen LogP contribution in [0.15, 0.2) is 55.0 Å². The highest BCUT2D eigenvalue weighted by molar-refractivity contribution is 5.61. The second-order valence-corrected chi connectivity index (χ2v) is 4.13. The number of halogens is 1. The van der Waals surface area contributed by atoms with Gasteiger partial charge in [0.2, 0.25) is 0 Å². The van der Waals surface area contributed by atoms with Crippen molar-refractivity contribution in [3.05, 3.63) is 60.8 Å². The van der Waals surface area contributed by atoms with E-state index >= 15 is 0 Å². The van der Waals surface area contributed by atoms with Crippen molar-refractivity contribution in [2.75, 3.05) is 5.73 Å². The molecule has 0 saturated carbocycles. The van der Waals surface area contributed by atoms with Crippen LogP contribution in [0.5, 0.6) is 0 Å². The van der Waals surface area contributed by atoms with Crippen LogP contribution in [0.3, 0.4) is 0 Å². The third kappa shape index (κ3) is 2.30. The summed E-state index contributed by atoms with van der Waals surface area (Å²) in [5.74, 6) is 0.430. The van der Waals surface area contributed by atoms with Crippen LogP contribution in [0.25, 0.3) is 16.9 Å². The third-order valence-electron chi connectivity index (χ3n) is 2.77. The molecule has 0 spiro atoms. The molecular formula is C14H11FN4. The molecule has 5 heteroatoms. The molecule has 0 atom stereocenters. The van der Waals surface area contributed by atoms with Crippen LogP contribution in [-0.4, -0.2) is 14.8 Å². The average molecular weight is 254 g/mol. The van der Waals surface area contributed by atoms with Crippen molar-refractivity contribution < 1.29 is 4.39 Å². The number of rotatable bonds is 2. The van der Waals surface area contributed by atoms with Gasteiger partial charge in [0.15, 0.2) is 5.82 Å². The van der Waals surface area contributed by atoms with E-state index in [1.165, 1.54) is 12.1 Å². The first-order valence-electron chi connectivity index (χ1n) is 5.75. The first kappa shape index (κ1) is 11.4. The van der Waals surface area contributed by atoms with Crippen LogP contribution in [0.2, 0.25) is 0 Å². The Balaban J connectivity index is 1.95. The Morgan fingerprint density at radius 1 is 0.947 bits per heavy atom. The van der Waals surface area contributed by atoms with E-state index in [2.05, 4.69) is 10.1 Å². The van der Waals surface area contributed by atoms with Crippen molar-refractivity contribution >= 4 is 5.69 Å². The van der Waals surface area contributed by atoms with Gasteiger partial charge in [-0.05, 0) is 29.8 Å². The fourth-order valence-electron chi connectivity index (χ4n) is 1.77. The minimum atomic E-state index is -0.253. The van der Waals surface area contributed by atoms with Crippen LogP contribution in [-0.2, 0) is 0 Å². The van der Waals surface area contributed by atoms with E-state index in [-0.39, 0.29) is 5.82 Å². The molecule has 2 aromatic heterocycles. The van der Waals surface area contributed by atoms with Gasteiger partial charge < -0.3 is 5.73 Å². The van der Waals surface area contributed by atoms with Crippen LogP contribution in [0, 0.1) is 5.82 Å². The van der Waals surface area contributed by atoms with Gasteiger partial charge in [0, 0.05) is 11.8 Å². The molecule has 94 valence electrons. The predicted molar refractivity (Wildman–Crippen MR) is 71.2 cm³/mol. The fourth-order valence-corrected chi connectivity index (χ4v) is 1.77. The number of hydrogen-bond acceptors (Lipinski definition) is 3.